The molecule has 1 aliphatic heterocycles. The van der Waals surface area contributed by atoms with Crippen molar-refractivity contribution in [1.29, 1.82) is 5.26 Å². The number of ether oxygens (including phenoxy) is 1. The summed E-state index contributed by atoms with van der Waals surface area (Å²) in [4.78, 5) is 28.2. The number of para-hydroxylation sites is 1. The number of carbonyl (C=O) groups is 2. The van der Waals surface area contributed by atoms with Crippen molar-refractivity contribution in [3.63, 3.8) is 0 Å². The molecule has 7 heteroatoms. The van der Waals surface area contributed by atoms with Gasteiger partial charge in [-0.3, -0.25) is 14.5 Å². The maximum absolute atomic E-state index is 13.8. The van der Waals surface area contributed by atoms with E-state index in [2.05, 4.69) is 6.07 Å². The molecule has 192 valence electrons. The number of carbonyl (C=O) groups excluding carboxylic acids is 2. The molecule has 2 aliphatic rings. The Bertz CT molecular complexity index is 1500. The van der Waals surface area contributed by atoms with E-state index < -0.39 is 5.91 Å². The number of aromatic nitrogens is 2. The summed E-state index contributed by atoms with van der Waals surface area (Å²) in [5.41, 5.74) is 4.97. The van der Waals surface area contributed by atoms with Crippen LogP contribution in [0.5, 0.6) is 5.75 Å². The predicted octanol–water partition coefficient (Wildman–Crippen LogP) is 5.78. The molecular weight excluding hydrogens is 476 g/mol. The van der Waals surface area contributed by atoms with Gasteiger partial charge in [0, 0.05) is 28.9 Å². The molecule has 0 bridgehead atoms. The lowest BCUT2D eigenvalue weighted by Gasteiger charge is -2.32. The number of nitrogens with zero attached hydrogens (tertiary/aromatic N) is 4. The molecule has 1 saturated carbocycles. The van der Waals surface area contributed by atoms with Crippen molar-refractivity contribution in [2.24, 2.45) is 0 Å². The minimum Gasteiger partial charge on any atom is -0.494 e. The average Bonchev–Trinajstić information content (AvgIpc) is 3.59. The number of hydrogen-bond donors (Lipinski definition) is 0. The van der Waals surface area contributed by atoms with Crippen LogP contribution in [-0.4, -0.2) is 39.1 Å². The summed E-state index contributed by atoms with van der Waals surface area (Å²) in [6.45, 7) is 6.20. The molecule has 5 rings (SSSR count). The Kier molecular flexibility index (Phi) is 6.97. The highest BCUT2D eigenvalue weighted by molar-refractivity contribution is 6.20. The van der Waals surface area contributed by atoms with Gasteiger partial charge in [-0.2, -0.15) is 10.4 Å². The Labute approximate surface area is 222 Å². The van der Waals surface area contributed by atoms with Gasteiger partial charge in [0.2, 0.25) is 0 Å². The summed E-state index contributed by atoms with van der Waals surface area (Å²) in [7, 11) is 0. The summed E-state index contributed by atoms with van der Waals surface area (Å²) < 4.78 is 7.46. The smallest absolute Gasteiger partial charge is 0.271 e. The van der Waals surface area contributed by atoms with Gasteiger partial charge in [0.05, 0.1) is 12.3 Å². The molecule has 1 aromatic heterocycles. The maximum atomic E-state index is 13.8. The fraction of sp³-hybridized carbons (Fsp3) is 0.290. The van der Waals surface area contributed by atoms with Crippen LogP contribution < -0.4 is 4.74 Å². The molecule has 1 aliphatic carbocycles. The number of rotatable bonds is 6. The first-order chi connectivity index (χ1) is 18.4. The maximum Gasteiger partial charge on any atom is 0.271 e. The Morgan fingerprint density at radius 2 is 1.82 bits per heavy atom. The van der Waals surface area contributed by atoms with Crippen LogP contribution >= 0.6 is 0 Å². The average molecular weight is 507 g/mol. The molecule has 2 aromatic carbocycles. The third-order valence-corrected chi connectivity index (χ3v) is 7.29. The van der Waals surface area contributed by atoms with Crippen molar-refractivity contribution in [2.45, 2.75) is 52.5 Å². The van der Waals surface area contributed by atoms with Crippen molar-refractivity contribution >= 4 is 17.9 Å². The van der Waals surface area contributed by atoms with Crippen LogP contribution in [-0.2, 0) is 9.59 Å². The van der Waals surface area contributed by atoms with Gasteiger partial charge in [-0.25, -0.2) is 4.68 Å². The van der Waals surface area contributed by atoms with E-state index >= 15 is 0 Å². The molecule has 0 atom stereocenters. The molecule has 2 heterocycles. The molecule has 2 amide bonds. The highest BCUT2D eigenvalue weighted by Crippen LogP contribution is 2.35. The monoisotopic (exact) mass is 506 g/mol. The largest absolute Gasteiger partial charge is 0.494 e. The Morgan fingerprint density at radius 3 is 2.47 bits per heavy atom. The van der Waals surface area contributed by atoms with Gasteiger partial charge in [-0.15, -0.1) is 0 Å². The Hall–Kier alpha value is -4.44. The van der Waals surface area contributed by atoms with Crippen LogP contribution in [0.3, 0.4) is 0 Å². The first kappa shape index (κ1) is 25.2. The van der Waals surface area contributed by atoms with Gasteiger partial charge in [0.15, 0.2) is 0 Å². The fourth-order valence-corrected chi connectivity index (χ4v) is 5.32. The lowest BCUT2D eigenvalue weighted by molar-refractivity contribution is -0.143. The minimum absolute atomic E-state index is 0.0250. The molecule has 0 unspecified atom stereocenters. The van der Waals surface area contributed by atoms with Crippen molar-refractivity contribution in [1.82, 2.24) is 14.7 Å². The number of aryl methyl sites for hydroxylation is 1. The number of imide groups is 1. The van der Waals surface area contributed by atoms with Gasteiger partial charge in [0.25, 0.3) is 11.8 Å². The highest BCUT2D eigenvalue weighted by Gasteiger charge is 2.40. The first-order valence-electron chi connectivity index (χ1n) is 13.0. The van der Waals surface area contributed by atoms with Crippen molar-refractivity contribution in [2.75, 3.05) is 6.61 Å². The van der Waals surface area contributed by atoms with Gasteiger partial charge >= 0.3 is 0 Å². The number of amides is 2. The molecule has 38 heavy (non-hydrogen) atoms. The van der Waals surface area contributed by atoms with E-state index in [1.807, 2.05) is 68.6 Å². The van der Waals surface area contributed by atoms with E-state index in [0.717, 1.165) is 53.8 Å². The topological polar surface area (TPSA) is 88.2 Å². The standard InChI is InChI=1S/C31H30N4O3/c1-4-38-25-14-15-26(20(2)16-25)29-22(19-34(33-29)23-10-6-5-7-11-23)17-27-21(3)28(18-32)31(37)35(30(27)36)24-12-8-9-13-24/h5-7,10-11,14-17,19,24H,4,8-9,12-13H2,1-3H3/b27-17+. The Morgan fingerprint density at radius 1 is 1.08 bits per heavy atom. The number of hydrogen-bond acceptors (Lipinski definition) is 5. The van der Waals surface area contributed by atoms with Crippen LogP contribution in [0.4, 0.5) is 0 Å². The van der Waals surface area contributed by atoms with Gasteiger partial charge in [-0.05, 0) is 81.2 Å². The van der Waals surface area contributed by atoms with E-state index in [9.17, 15) is 14.9 Å². The summed E-state index contributed by atoms with van der Waals surface area (Å²) >= 11 is 0. The number of nitriles is 1. The van der Waals surface area contributed by atoms with Crippen molar-refractivity contribution < 1.29 is 14.3 Å². The zero-order valence-corrected chi connectivity index (χ0v) is 21.9. The normalized spacial score (nSPS) is 17.4. The molecule has 1 fully saturated rings. The highest BCUT2D eigenvalue weighted by atomic mass is 16.5. The summed E-state index contributed by atoms with van der Waals surface area (Å²) in [6.07, 6.45) is 7.14. The van der Waals surface area contributed by atoms with Gasteiger partial charge < -0.3 is 4.74 Å². The first-order valence-corrected chi connectivity index (χ1v) is 13.0. The summed E-state index contributed by atoms with van der Waals surface area (Å²) in [5, 5.41) is 14.7. The lowest BCUT2D eigenvalue weighted by Crippen LogP contribution is -2.47. The van der Waals surface area contributed by atoms with Gasteiger partial charge in [-0.1, -0.05) is 31.0 Å². The second kappa shape index (κ2) is 10.5. The minimum atomic E-state index is -0.485. The second-order valence-electron chi connectivity index (χ2n) is 9.71. The van der Waals surface area contributed by atoms with Gasteiger partial charge in [0.1, 0.15) is 23.1 Å². The molecule has 0 spiro atoms. The summed E-state index contributed by atoms with van der Waals surface area (Å²) in [5.74, 6) is -0.0522. The van der Waals surface area contributed by atoms with E-state index in [4.69, 9.17) is 9.84 Å². The van der Waals surface area contributed by atoms with E-state index in [-0.39, 0.29) is 17.5 Å². The van der Waals surface area contributed by atoms with Crippen LogP contribution in [0.2, 0.25) is 0 Å². The summed E-state index contributed by atoms with van der Waals surface area (Å²) in [6, 6.07) is 17.5. The van der Waals surface area contributed by atoms with Crippen LogP contribution in [0, 0.1) is 18.3 Å². The fourth-order valence-electron chi connectivity index (χ4n) is 5.32. The van der Waals surface area contributed by atoms with Crippen LogP contribution in [0.25, 0.3) is 23.0 Å². The van der Waals surface area contributed by atoms with Crippen molar-refractivity contribution in [3.8, 4) is 28.8 Å². The lowest BCUT2D eigenvalue weighted by atomic mass is 9.91. The SMILES string of the molecule is CCOc1ccc(-c2nn(-c3ccccc3)cc2/C=C2/C(=O)N(C3CCCC3)C(=O)C(C#N)=C2C)c(C)c1. The zero-order chi connectivity index (χ0) is 26.8. The Balaban J connectivity index is 1.68. The van der Waals surface area contributed by atoms with Crippen molar-refractivity contribution in [3.05, 3.63) is 82.6 Å². The second-order valence-corrected chi connectivity index (χ2v) is 9.71. The van der Waals surface area contributed by atoms with E-state index in [1.165, 1.54) is 4.90 Å². The third-order valence-electron chi connectivity index (χ3n) is 7.29. The van der Waals surface area contributed by atoms with E-state index in [0.29, 0.717) is 23.4 Å². The molecule has 3 aromatic rings. The zero-order valence-electron chi connectivity index (χ0n) is 21.9. The third kappa shape index (κ3) is 4.54. The molecule has 0 saturated heterocycles. The van der Waals surface area contributed by atoms with E-state index in [1.54, 1.807) is 17.7 Å². The molecule has 7 nitrogen and oxygen atoms in total. The molecule has 0 radical (unpaired) electrons. The quantitative estimate of drug-likeness (QED) is 0.312. The van der Waals surface area contributed by atoms with Crippen LogP contribution in [0.1, 0.15) is 50.7 Å². The molecular formula is C31H30N4O3. The van der Waals surface area contributed by atoms with Crippen LogP contribution in [0.15, 0.2) is 71.4 Å². The molecule has 0 N–H and O–H groups in total. The number of benzene rings is 2. The predicted molar refractivity (Wildman–Crippen MR) is 145 cm³/mol.